The Morgan fingerprint density at radius 2 is 2.00 bits per heavy atom. The molecule has 0 aliphatic carbocycles. The summed E-state index contributed by atoms with van der Waals surface area (Å²) in [6.07, 6.45) is 2.44. The first-order chi connectivity index (χ1) is 10.3. The van der Waals surface area contributed by atoms with Crippen LogP contribution in [0.25, 0.3) is 0 Å². The van der Waals surface area contributed by atoms with Crippen LogP contribution in [-0.2, 0) is 17.8 Å². The number of ether oxygens (including phenoxy) is 1. The Bertz CT molecular complexity index is 573. The topological polar surface area (TPSA) is 77.2 Å². The van der Waals surface area contributed by atoms with Crippen molar-refractivity contribution >= 4 is 5.91 Å². The molecule has 0 unspecified atom stereocenters. The number of hydrogen-bond acceptors (Lipinski definition) is 4. The Balaban J connectivity index is 1.72. The number of hydrogen-bond donors (Lipinski definition) is 2. The minimum atomic E-state index is -0.155. The molecule has 5 nitrogen and oxygen atoms in total. The first-order valence-electron chi connectivity index (χ1n) is 6.87. The molecule has 0 bridgehead atoms. The number of benzene rings is 1. The Hall–Kier alpha value is -2.40. The molecule has 110 valence electrons. The van der Waals surface area contributed by atoms with Crippen molar-refractivity contribution in [3.63, 3.8) is 0 Å². The van der Waals surface area contributed by atoms with Gasteiger partial charge in [-0.05, 0) is 18.2 Å². The highest BCUT2D eigenvalue weighted by atomic mass is 16.5. The number of nitrogens with two attached hydrogens (primary N) is 1. The largest absolute Gasteiger partial charge is 0.483 e. The zero-order valence-electron chi connectivity index (χ0n) is 11.8. The van der Waals surface area contributed by atoms with E-state index in [-0.39, 0.29) is 12.5 Å². The summed E-state index contributed by atoms with van der Waals surface area (Å²) in [5.74, 6) is 0.498. The molecule has 1 amide bonds. The normalized spacial score (nSPS) is 10.1. The average Bonchev–Trinajstić information content (AvgIpc) is 2.54. The summed E-state index contributed by atoms with van der Waals surface area (Å²) in [5.41, 5.74) is 7.45. The van der Waals surface area contributed by atoms with E-state index >= 15 is 0 Å². The number of pyridine rings is 1. The fourth-order valence-electron chi connectivity index (χ4n) is 1.88. The maximum Gasteiger partial charge on any atom is 0.257 e. The van der Waals surface area contributed by atoms with Gasteiger partial charge >= 0.3 is 0 Å². The summed E-state index contributed by atoms with van der Waals surface area (Å²) in [6, 6.07) is 13.2. The predicted molar refractivity (Wildman–Crippen MR) is 80.8 cm³/mol. The zero-order chi connectivity index (χ0) is 14.9. The third-order valence-corrected chi connectivity index (χ3v) is 2.98. The van der Waals surface area contributed by atoms with Gasteiger partial charge in [-0.15, -0.1) is 0 Å². The number of amides is 1. The van der Waals surface area contributed by atoms with Crippen LogP contribution in [0.4, 0.5) is 0 Å². The van der Waals surface area contributed by atoms with Crippen LogP contribution < -0.4 is 15.8 Å². The van der Waals surface area contributed by atoms with E-state index in [0.717, 1.165) is 11.3 Å². The highest BCUT2D eigenvalue weighted by molar-refractivity contribution is 5.77. The number of carbonyl (C=O) groups excluding carboxylic acids is 1. The van der Waals surface area contributed by atoms with Crippen LogP contribution in [-0.4, -0.2) is 24.0 Å². The fraction of sp³-hybridized carbons (Fsp3) is 0.250. The van der Waals surface area contributed by atoms with Crippen LogP contribution in [0.5, 0.6) is 5.75 Å². The Morgan fingerprint density at radius 1 is 1.19 bits per heavy atom. The molecule has 0 fully saturated rings. The SMILES string of the molecule is NCc1ccccc1OCC(=O)NCCc1ccccn1. The first-order valence-corrected chi connectivity index (χ1v) is 6.87. The standard InChI is InChI=1S/C16H19N3O2/c17-11-13-5-1-2-7-15(13)21-12-16(20)19-10-8-14-6-3-4-9-18-14/h1-7,9H,8,10-12,17H2,(H,19,20). The molecule has 0 aliphatic heterocycles. The van der Waals surface area contributed by atoms with E-state index in [1.807, 2.05) is 42.5 Å². The van der Waals surface area contributed by atoms with Crippen molar-refractivity contribution in [2.24, 2.45) is 5.73 Å². The highest BCUT2D eigenvalue weighted by Gasteiger charge is 2.05. The average molecular weight is 285 g/mol. The first kappa shape index (κ1) is 15.0. The van der Waals surface area contributed by atoms with Gasteiger partial charge < -0.3 is 15.8 Å². The molecule has 0 spiro atoms. The van der Waals surface area contributed by atoms with E-state index in [4.69, 9.17) is 10.5 Å². The van der Waals surface area contributed by atoms with Crippen LogP contribution in [0.2, 0.25) is 0 Å². The number of para-hydroxylation sites is 1. The van der Waals surface area contributed by atoms with Gasteiger partial charge in [-0.25, -0.2) is 0 Å². The number of nitrogens with zero attached hydrogens (tertiary/aromatic N) is 1. The van der Waals surface area contributed by atoms with Crippen molar-refractivity contribution in [1.29, 1.82) is 0 Å². The van der Waals surface area contributed by atoms with E-state index in [2.05, 4.69) is 10.3 Å². The van der Waals surface area contributed by atoms with Crippen molar-refractivity contribution < 1.29 is 9.53 Å². The molecular formula is C16H19N3O2. The molecule has 0 aliphatic rings. The lowest BCUT2D eigenvalue weighted by atomic mass is 10.2. The van der Waals surface area contributed by atoms with Gasteiger partial charge in [0.15, 0.2) is 6.61 Å². The van der Waals surface area contributed by atoms with Crippen LogP contribution in [0.3, 0.4) is 0 Å². The van der Waals surface area contributed by atoms with Crippen molar-refractivity contribution in [2.75, 3.05) is 13.2 Å². The summed E-state index contributed by atoms with van der Waals surface area (Å²) >= 11 is 0. The van der Waals surface area contributed by atoms with E-state index in [0.29, 0.717) is 25.3 Å². The quantitative estimate of drug-likeness (QED) is 0.803. The van der Waals surface area contributed by atoms with Gasteiger partial charge in [0.2, 0.25) is 0 Å². The fourth-order valence-corrected chi connectivity index (χ4v) is 1.88. The smallest absolute Gasteiger partial charge is 0.257 e. The molecule has 1 aromatic heterocycles. The van der Waals surface area contributed by atoms with Crippen LogP contribution >= 0.6 is 0 Å². The van der Waals surface area contributed by atoms with Gasteiger partial charge in [-0.3, -0.25) is 9.78 Å². The van der Waals surface area contributed by atoms with Gasteiger partial charge in [0.05, 0.1) is 0 Å². The Morgan fingerprint density at radius 3 is 2.76 bits per heavy atom. The third kappa shape index (κ3) is 4.89. The van der Waals surface area contributed by atoms with Gasteiger partial charge in [-0.2, -0.15) is 0 Å². The maximum absolute atomic E-state index is 11.7. The number of rotatable bonds is 7. The molecule has 0 saturated carbocycles. The summed E-state index contributed by atoms with van der Waals surface area (Å²) in [5, 5.41) is 2.80. The second kappa shape index (κ2) is 8.01. The third-order valence-electron chi connectivity index (χ3n) is 2.98. The molecule has 1 heterocycles. The van der Waals surface area contributed by atoms with Gasteiger partial charge in [0.1, 0.15) is 5.75 Å². The molecule has 0 atom stereocenters. The second-order valence-corrected chi connectivity index (χ2v) is 4.52. The molecular weight excluding hydrogens is 266 g/mol. The van der Waals surface area contributed by atoms with Gasteiger partial charge in [0, 0.05) is 37.0 Å². The van der Waals surface area contributed by atoms with Crippen LogP contribution in [0, 0.1) is 0 Å². The number of nitrogens with one attached hydrogen (secondary N) is 1. The summed E-state index contributed by atoms with van der Waals surface area (Å²) in [4.78, 5) is 15.9. The van der Waals surface area contributed by atoms with E-state index in [9.17, 15) is 4.79 Å². The van der Waals surface area contributed by atoms with Crippen molar-refractivity contribution in [3.05, 3.63) is 59.9 Å². The molecule has 21 heavy (non-hydrogen) atoms. The van der Waals surface area contributed by atoms with Gasteiger partial charge in [0.25, 0.3) is 5.91 Å². The van der Waals surface area contributed by atoms with Crippen LogP contribution in [0.1, 0.15) is 11.3 Å². The Labute approximate surface area is 124 Å². The molecule has 2 aromatic rings. The summed E-state index contributed by atoms with van der Waals surface area (Å²) < 4.78 is 5.48. The number of aromatic nitrogens is 1. The van der Waals surface area contributed by atoms with E-state index in [1.54, 1.807) is 6.20 Å². The molecule has 3 N–H and O–H groups in total. The summed E-state index contributed by atoms with van der Waals surface area (Å²) in [7, 11) is 0. The van der Waals surface area contributed by atoms with Crippen molar-refractivity contribution in [3.8, 4) is 5.75 Å². The molecule has 1 aromatic carbocycles. The summed E-state index contributed by atoms with van der Waals surface area (Å²) in [6.45, 7) is 0.911. The monoisotopic (exact) mass is 285 g/mol. The lowest BCUT2D eigenvalue weighted by Crippen LogP contribution is -2.30. The lowest BCUT2D eigenvalue weighted by Gasteiger charge is -2.10. The van der Waals surface area contributed by atoms with E-state index in [1.165, 1.54) is 0 Å². The molecule has 0 saturated heterocycles. The minimum absolute atomic E-state index is 0.0147. The minimum Gasteiger partial charge on any atom is -0.483 e. The lowest BCUT2D eigenvalue weighted by molar-refractivity contribution is -0.123. The maximum atomic E-state index is 11.7. The van der Waals surface area contributed by atoms with Crippen LogP contribution in [0.15, 0.2) is 48.7 Å². The molecule has 5 heteroatoms. The van der Waals surface area contributed by atoms with Crippen molar-refractivity contribution in [1.82, 2.24) is 10.3 Å². The molecule has 2 rings (SSSR count). The molecule has 0 radical (unpaired) electrons. The zero-order valence-corrected chi connectivity index (χ0v) is 11.8. The predicted octanol–water partition coefficient (Wildman–Crippen LogP) is 1.28. The van der Waals surface area contributed by atoms with Gasteiger partial charge in [-0.1, -0.05) is 24.3 Å². The Kier molecular flexibility index (Phi) is 5.72. The highest BCUT2D eigenvalue weighted by Crippen LogP contribution is 2.16. The second-order valence-electron chi connectivity index (χ2n) is 4.52. The number of carbonyl (C=O) groups is 1. The van der Waals surface area contributed by atoms with E-state index < -0.39 is 0 Å². The van der Waals surface area contributed by atoms with Crippen molar-refractivity contribution in [2.45, 2.75) is 13.0 Å².